The number of benzene rings is 1. The summed E-state index contributed by atoms with van der Waals surface area (Å²) in [5.74, 6) is -0.321. The maximum absolute atomic E-state index is 8.88. The maximum atomic E-state index is 8.88. The van der Waals surface area contributed by atoms with Gasteiger partial charge in [0.05, 0.1) is 11.4 Å². The van der Waals surface area contributed by atoms with E-state index in [-0.39, 0.29) is 47.7 Å². The molecule has 0 aromatic heterocycles. The number of hydrogen-bond donors (Lipinski definition) is 4. The number of hydrogen-bond acceptors (Lipinski definition) is 5. The molecule has 90 valence electrons. The van der Waals surface area contributed by atoms with Crippen LogP contribution in [0.5, 0.6) is 11.5 Å². The second kappa shape index (κ2) is 9.51. The molecule has 0 spiro atoms. The van der Waals surface area contributed by atoms with Crippen LogP contribution in [0.2, 0.25) is 0 Å². The third-order valence-corrected chi connectivity index (χ3v) is 1.18. The Labute approximate surface area is 101 Å². The Hall–Kier alpha value is -1.04. The Morgan fingerprint density at radius 1 is 0.933 bits per heavy atom. The van der Waals surface area contributed by atoms with E-state index >= 15 is 0 Å². The van der Waals surface area contributed by atoms with E-state index < -0.39 is 0 Å². The number of phenols is 2. The smallest absolute Gasteiger partial charge is 0.142 e. The fourth-order valence-corrected chi connectivity index (χ4v) is 0.612. The van der Waals surface area contributed by atoms with Crippen molar-refractivity contribution in [2.45, 2.75) is 0 Å². The quantitative estimate of drug-likeness (QED) is 0.320. The minimum Gasteiger partial charge on any atom is -0.506 e. The summed E-state index contributed by atoms with van der Waals surface area (Å²) in [6.45, 7) is 0. The Balaban J connectivity index is -0.000000260. The van der Waals surface area contributed by atoms with E-state index in [4.69, 9.17) is 21.7 Å². The summed E-state index contributed by atoms with van der Waals surface area (Å²) < 4.78 is 4.25. The molecule has 7 heteroatoms. The zero-order valence-corrected chi connectivity index (χ0v) is 10.1. The zero-order valence-electron chi connectivity index (χ0n) is 8.43. The molecule has 15 heavy (non-hydrogen) atoms. The number of ether oxygens (including phenoxy) is 1. The predicted molar refractivity (Wildman–Crippen MR) is 66.0 cm³/mol. The van der Waals surface area contributed by atoms with Crippen LogP contribution >= 0.6 is 24.8 Å². The third-order valence-electron chi connectivity index (χ3n) is 1.18. The van der Waals surface area contributed by atoms with Crippen molar-refractivity contribution in [3.63, 3.8) is 0 Å². The summed E-state index contributed by atoms with van der Waals surface area (Å²) in [5, 5.41) is 17.8. The molecular formula is C8H16Cl2N2O3. The molecule has 1 rings (SSSR count). The monoisotopic (exact) mass is 258 g/mol. The van der Waals surface area contributed by atoms with Crippen molar-refractivity contribution in [1.29, 1.82) is 0 Å². The average Bonchev–Trinajstić information content (AvgIpc) is 2.03. The van der Waals surface area contributed by atoms with Crippen molar-refractivity contribution in [2.75, 3.05) is 25.7 Å². The van der Waals surface area contributed by atoms with Crippen LogP contribution in [0.15, 0.2) is 12.1 Å². The van der Waals surface area contributed by atoms with E-state index in [1.54, 1.807) is 14.2 Å². The fraction of sp³-hybridized carbons (Fsp3) is 0.250. The summed E-state index contributed by atoms with van der Waals surface area (Å²) in [4.78, 5) is 0. The van der Waals surface area contributed by atoms with Crippen LogP contribution in [0.3, 0.4) is 0 Å². The fourth-order valence-electron chi connectivity index (χ4n) is 0.612. The first kappa shape index (κ1) is 19.5. The normalized spacial score (nSPS) is 7.60. The largest absolute Gasteiger partial charge is 0.506 e. The third kappa shape index (κ3) is 6.96. The van der Waals surface area contributed by atoms with Crippen LogP contribution in [0.4, 0.5) is 11.4 Å². The van der Waals surface area contributed by atoms with Gasteiger partial charge in [-0.05, 0) is 6.07 Å². The van der Waals surface area contributed by atoms with Crippen LogP contribution in [0.25, 0.3) is 0 Å². The molecule has 0 aliphatic heterocycles. The van der Waals surface area contributed by atoms with Crippen LogP contribution in [0.1, 0.15) is 0 Å². The molecule has 1 aromatic rings. The number of phenolic OH excluding ortho intramolecular Hbond substituents is 2. The molecule has 0 amide bonds. The Morgan fingerprint density at radius 3 is 1.40 bits per heavy atom. The van der Waals surface area contributed by atoms with E-state index in [0.717, 1.165) is 6.07 Å². The van der Waals surface area contributed by atoms with E-state index in [1.165, 1.54) is 6.07 Å². The summed E-state index contributed by atoms with van der Waals surface area (Å²) in [6.07, 6.45) is 0. The van der Waals surface area contributed by atoms with Crippen molar-refractivity contribution in [2.24, 2.45) is 0 Å². The van der Waals surface area contributed by atoms with Crippen molar-refractivity contribution in [3.8, 4) is 11.5 Å². The number of aromatic hydroxyl groups is 2. The minimum absolute atomic E-state index is 0. The van der Waals surface area contributed by atoms with Crippen molar-refractivity contribution >= 4 is 36.2 Å². The summed E-state index contributed by atoms with van der Waals surface area (Å²) in [6, 6.07) is 2.40. The van der Waals surface area contributed by atoms with Gasteiger partial charge in [0.1, 0.15) is 11.5 Å². The first-order valence-corrected chi connectivity index (χ1v) is 3.50. The molecule has 0 atom stereocenters. The second-order valence-corrected chi connectivity index (χ2v) is 2.38. The molecule has 0 fully saturated rings. The van der Waals surface area contributed by atoms with Gasteiger partial charge in [0.15, 0.2) is 0 Å². The summed E-state index contributed by atoms with van der Waals surface area (Å²) >= 11 is 0. The zero-order chi connectivity index (χ0) is 10.4. The van der Waals surface area contributed by atoms with Gasteiger partial charge in [-0.2, -0.15) is 0 Å². The van der Waals surface area contributed by atoms with Gasteiger partial charge in [0.2, 0.25) is 0 Å². The molecule has 0 aliphatic carbocycles. The van der Waals surface area contributed by atoms with Crippen LogP contribution < -0.4 is 11.5 Å². The SMILES string of the molecule is COC.Cl.Cl.Nc1cc(N)c(O)cc1O. The van der Waals surface area contributed by atoms with E-state index in [0.29, 0.717) is 0 Å². The highest BCUT2D eigenvalue weighted by molar-refractivity contribution is 5.85. The number of nitrogen functional groups attached to an aromatic ring is 2. The lowest BCUT2D eigenvalue weighted by molar-refractivity contribution is 0.277. The van der Waals surface area contributed by atoms with E-state index in [1.807, 2.05) is 0 Å². The van der Waals surface area contributed by atoms with Crippen molar-refractivity contribution < 1.29 is 14.9 Å². The van der Waals surface area contributed by atoms with E-state index in [9.17, 15) is 0 Å². The lowest BCUT2D eigenvalue weighted by atomic mass is 10.2. The summed E-state index contributed by atoms with van der Waals surface area (Å²) in [7, 11) is 3.25. The van der Waals surface area contributed by atoms with Crippen LogP contribution in [-0.2, 0) is 4.74 Å². The van der Waals surface area contributed by atoms with Gasteiger partial charge in [-0.15, -0.1) is 24.8 Å². The molecule has 0 aliphatic rings. The van der Waals surface area contributed by atoms with Gasteiger partial charge >= 0.3 is 0 Å². The van der Waals surface area contributed by atoms with E-state index in [2.05, 4.69) is 4.74 Å². The molecule has 0 saturated carbocycles. The molecule has 5 nitrogen and oxygen atoms in total. The molecule has 0 saturated heterocycles. The summed E-state index contributed by atoms with van der Waals surface area (Å²) in [5.41, 5.74) is 10.8. The second-order valence-electron chi connectivity index (χ2n) is 2.38. The predicted octanol–water partition coefficient (Wildman–Crippen LogP) is 1.37. The first-order valence-electron chi connectivity index (χ1n) is 3.50. The molecule has 6 N–H and O–H groups in total. The van der Waals surface area contributed by atoms with Crippen molar-refractivity contribution in [1.82, 2.24) is 0 Å². The molecule has 1 aromatic carbocycles. The number of anilines is 2. The molecular weight excluding hydrogens is 243 g/mol. The standard InChI is InChI=1S/C6H8N2O2.C2H6O.2ClH/c7-3-1-4(8)6(10)2-5(3)9;1-3-2;;/h1-2,9-10H,7-8H2;1-2H3;2*1H. The molecule has 0 radical (unpaired) electrons. The molecule has 0 unspecified atom stereocenters. The number of nitrogens with two attached hydrogens (primary N) is 2. The van der Waals surface area contributed by atoms with Gasteiger partial charge < -0.3 is 26.4 Å². The highest BCUT2D eigenvalue weighted by Gasteiger charge is 2.01. The van der Waals surface area contributed by atoms with Crippen molar-refractivity contribution in [3.05, 3.63) is 12.1 Å². The maximum Gasteiger partial charge on any atom is 0.142 e. The highest BCUT2D eigenvalue weighted by Crippen LogP contribution is 2.30. The number of methoxy groups -OCH3 is 1. The van der Waals surface area contributed by atoms with Gasteiger partial charge in [-0.1, -0.05) is 0 Å². The van der Waals surface area contributed by atoms with Gasteiger partial charge in [0.25, 0.3) is 0 Å². The Kier molecular flexibility index (Phi) is 12.4. The molecule has 0 heterocycles. The van der Waals surface area contributed by atoms with Crippen LogP contribution in [-0.4, -0.2) is 24.4 Å². The molecule has 0 bridgehead atoms. The minimum atomic E-state index is -0.160. The Bertz CT molecular complexity index is 235. The first-order chi connectivity index (χ1) is 6.02. The number of rotatable bonds is 0. The Morgan fingerprint density at radius 2 is 1.20 bits per heavy atom. The lowest BCUT2D eigenvalue weighted by Gasteiger charge is -2.01. The highest BCUT2D eigenvalue weighted by atomic mass is 35.5. The van der Waals surface area contributed by atoms with Crippen LogP contribution in [0, 0.1) is 0 Å². The van der Waals surface area contributed by atoms with Gasteiger partial charge in [-0.3, -0.25) is 0 Å². The van der Waals surface area contributed by atoms with Gasteiger partial charge in [0, 0.05) is 20.3 Å². The number of halogens is 2. The lowest BCUT2D eigenvalue weighted by Crippen LogP contribution is -1.90. The topological polar surface area (TPSA) is 102 Å². The average molecular weight is 259 g/mol. The van der Waals surface area contributed by atoms with Gasteiger partial charge in [-0.25, -0.2) is 0 Å².